The molecule has 53 valence electrons. The molecule has 2 rings (SSSR count). The maximum Gasteiger partial charge on any atom is 0.187 e. The maximum atomic E-state index is 11.1. The molecule has 0 spiro atoms. The number of rotatable bonds is 0. The second-order valence-electron chi connectivity index (χ2n) is 2.35. The molecule has 1 aromatic heterocycles. The summed E-state index contributed by atoms with van der Waals surface area (Å²) in [4.78, 5) is 3.87. The van der Waals surface area contributed by atoms with Gasteiger partial charge in [0.25, 0.3) is 0 Å². The summed E-state index contributed by atoms with van der Waals surface area (Å²) in [5, 5.41) is 12.8. The molecule has 0 N–H and O–H groups in total. The minimum atomic E-state index is 0.0376. The van der Waals surface area contributed by atoms with Gasteiger partial charge in [0.1, 0.15) is 0 Å². The quantitative estimate of drug-likeness (QED) is 0.558. The predicted molar refractivity (Wildman–Crippen MR) is 41.9 cm³/mol. The average Bonchev–Trinajstić information content (AvgIpc) is 2.06. The Kier molecular flexibility index (Phi) is 1.25. The lowest BCUT2D eigenvalue weighted by Crippen LogP contribution is -1.73. The summed E-state index contributed by atoms with van der Waals surface area (Å²) in [6.07, 6.45) is 3.28. The number of hydrogen-bond donors (Lipinski definition) is 0. The van der Waals surface area contributed by atoms with Gasteiger partial charge in [-0.3, -0.25) is 10.1 Å². The first kappa shape index (κ1) is 6.16. The summed E-state index contributed by atoms with van der Waals surface area (Å²) in [5.41, 5.74) is 0. The summed E-state index contributed by atoms with van der Waals surface area (Å²) in [6.45, 7) is 0. The second-order valence-corrected chi connectivity index (χ2v) is 2.35. The topological polar surface area (TPSA) is 32.8 Å². The van der Waals surface area contributed by atoms with Crippen molar-refractivity contribution in [1.29, 1.82) is 0 Å². The Bertz CT molecular complexity index is 379. The van der Waals surface area contributed by atoms with Crippen LogP contribution in [-0.4, -0.2) is 4.98 Å². The summed E-state index contributed by atoms with van der Waals surface area (Å²) < 4.78 is 0. The zero-order valence-corrected chi connectivity index (χ0v) is 5.82. The molecule has 2 heteroatoms. The standard InChI is InChI=1S/C9H6NO/c11-9-3-1-2-7-4-5-10-6-8(7)9/h1-6H. The van der Waals surface area contributed by atoms with Gasteiger partial charge in [0.2, 0.25) is 0 Å². The minimum Gasteiger partial charge on any atom is -0.289 e. The molecule has 0 saturated carbocycles. The molecule has 0 atom stereocenters. The first-order valence-electron chi connectivity index (χ1n) is 3.38. The van der Waals surface area contributed by atoms with Crippen LogP contribution in [0.1, 0.15) is 0 Å². The highest BCUT2D eigenvalue weighted by atomic mass is 16.3. The van der Waals surface area contributed by atoms with Gasteiger partial charge in [0.05, 0.1) is 0 Å². The summed E-state index contributed by atoms with van der Waals surface area (Å²) >= 11 is 0. The Morgan fingerprint density at radius 3 is 2.91 bits per heavy atom. The van der Waals surface area contributed by atoms with Crippen LogP contribution in [0.2, 0.25) is 0 Å². The van der Waals surface area contributed by atoms with Crippen molar-refractivity contribution in [2.45, 2.75) is 0 Å². The second kappa shape index (κ2) is 2.23. The van der Waals surface area contributed by atoms with E-state index < -0.39 is 0 Å². The van der Waals surface area contributed by atoms with E-state index in [2.05, 4.69) is 4.98 Å². The van der Waals surface area contributed by atoms with Gasteiger partial charge >= 0.3 is 0 Å². The number of nitrogens with zero attached hydrogens (tertiary/aromatic N) is 1. The third-order valence-corrected chi connectivity index (χ3v) is 1.64. The van der Waals surface area contributed by atoms with E-state index in [4.69, 9.17) is 0 Å². The van der Waals surface area contributed by atoms with Crippen molar-refractivity contribution in [2.24, 2.45) is 0 Å². The van der Waals surface area contributed by atoms with E-state index >= 15 is 0 Å². The minimum absolute atomic E-state index is 0.0376. The number of pyridine rings is 1. The van der Waals surface area contributed by atoms with Crippen LogP contribution < -0.4 is 0 Å². The Morgan fingerprint density at radius 2 is 2.09 bits per heavy atom. The molecule has 0 saturated heterocycles. The zero-order chi connectivity index (χ0) is 7.68. The van der Waals surface area contributed by atoms with Crippen molar-refractivity contribution in [2.75, 3.05) is 0 Å². The van der Waals surface area contributed by atoms with E-state index in [1.807, 2.05) is 12.1 Å². The monoisotopic (exact) mass is 144 g/mol. The fraction of sp³-hybridized carbons (Fsp3) is 0. The molecule has 0 aliphatic heterocycles. The van der Waals surface area contributed by atoms with Crippen LogP contribution >= 0.6 is 0 Å². The van der Waals surface area contributed by atoms with Crippen LogP contribution in [0.4, 0.5) is 0 Å². The van der Waals surface area contributed by atoms with Crippen LogP contribution in [0, 0.1) is 0 Å². The third-order valence-electron chi connectivity index (χ3n) is 1.64. The molecule has 0 amide bonds. The fourth-order valence-electron chi connectivity index (χ4n) is 1.09. The first-order chi connectivity index (χ1) is 5.38. The number of hydrogen-bond acceptors (Lipinski definition) is 1. The molecule has 11 heavy (non-hydrogen) atoms. The summed E-state index contributed by atoms with van der Waals surface area (Å²) in [7, 11) is 0. The maximum absolute atomic E-state index is 11.1. The van der Waals surface area contributed by atoms with Crippen molar-refractivity contribution in [3.8, 4) is 5.75 Å². The molecule has 1 heterocycles. The third kappa shape index (κ3) is 0.923. The average molecular weight is 144 g/mol. The van der Waals surface area contributed by atoms with Gasteiger partial charge < -0.3 is 0 Å². The van der Waals surface area contributed by atoms with E-state index in [-0.39, 0.29) is 5.75 Å². The van der Waals surface area contributed by atoms with E-state index in [1.54, 1.807) is 24.5 Å². The van der Waals surface area contributed by atoms with Gasteiger partial charge in [-0.15, -0.1) is 0 Å². The molecule has 0 fully saturated rings. The van der Waals surface area contributed by atoms with Gasteiger partial charge in [0.15, 0.2) is 5.75 Å². The lowest BCUT2D eigenvalue weighted by atomic mass is 10.2. The summed E-state index contributed by atoms with van der Waals surface area (Å²) in [6, 6.07) is 7.03. The Morgan fingerprint density at radius 1 is 1.18 bits per heavy atom. The largest absolute Gasteiger partial charge is 0.289 e. The normalized spacial score (nSPS) is 10.2. The molecular formula is C9H6NO. The molecule has 2 nitrogen and oxygen atoms in total. The summed E-state index contributed by atoms with van der Waals surface area (Å²) in [5.74, 6) is 0.0376. The molecule has 0 aliphatic carbocycles. The Balaban J connectivity index is 2.91. The molecule has 0 aliphatic rings. The van der Waals surface area contributed by atoms with Gasteiger partial charge in [0, 0.05) is 17.8 Å². The highest BCUT2D eigenvalue weighted by Gasteiger charge is 1.97. The van der Waals surface area contributed by atoms with Crippen molar-refractivity contribution in [3.05, 3.63) is 36.7 Å². The van der Waals surface area contributed by atoms with Crippen molar-refractivity contribution >= 4 is 10.8 Å². The van der Waals surface area contributed by atoms with Gasteiger partial charge in [-0.1, -0.05) is 12.1 Å². The van der Waals surface area contributed by atoms with E-state index in [0.717, 1.165) is 5.39 Å². The first-order valence-corrected chi connectivity index (χ1v) is 3.38. The molecule has 0 unspecified atom stereocenters. The van der Waals surface area contributed by atoms with Gasteiger partial charge in [-0.2, -0.15) is 0 Å². The smallest absolute Gasteiger partial charge is 0.187 e. The molecule has 1 radical (unpaired) electrons. The predicted octanol–water partition coefficient (Wildman–Crippen LogP) is 2.38. The highest BCUT2D eigenvalue weighted by molar-refractivity contribution is 5.86. The number of aromatic nitrogens is 1. The van der Waals surface area contributed by atoms with Gasteiger partial charge in [-0.05, 0) is 17.5 Å². The number of benzene rings is 1. The van der Waals surface area contributed by atoms with Crippen molar-refractivity contribution in [3.63, 3.8) is 0 Å². The van der Waals surface area contributed by atoms with E-state index in [0.29, 0.717) is 5.39 Å². The lowest BCUT2D eigenvalue weighted by molar-refractivity contribution is 0.360. The highest BCUT2D eigenvalue weighted by Crippen LogP contribution is 2.22. The SMILES string of the molecule is [O]c1cccc2ccncc12. The number of fused-ring (bicyclic) bond motifs is 1. The molecule has 1 aromatic carbocycles. The van der Waals surface area contributed by atoms with Crippen molar-refractivity contribution in [1.82, 2.24) is 4.98 Å². The molecule has 2 aromatic rings. The molecular weight excluding hydrogens is 138 g/mol. The van der Waals surface area contributed by atoms with Crippen molar-refractivity contribution < 1.29 is 5.11 Å². The molecule has 0 bridgehead atoms. The van der Waals surface area contributed by atoms with Gasteiger partial charge in [-0.25, -0.2) is 0 Å². The van der Waals surface area contributed by atoms with Crippen LogP contribution in [0.25, 0.3) is 10.8 Å². The van der Waals surface area contributed by atoms with E-state index in [9.17, 15) is 5.11 Å². The van der Waals surface area contributed by atoms with E-state index in [1.165, 1.54) is 0 Å². The zero-order valence-electron chi connectivity index (χ0n) is 5.82. The van der Waals surface area contributed by atoms with Crippen LogP contribution in [-0.2, 0) is 5.11 Å². The van der Waals surface area contributed by atoms with Crippen LogP contribution in [0.5, 0.6) is 5.75 Å². The fourth-order valence-corrected chi connectivity index (χ4v) is 1.09. The Hall–Kier alpha value is -1.57. The van der Waals surface area contributed by atoms with Crippen LogP contribution in [0.15, 0.2) is 36.7 Å². The Labute approximate surface area is 64.1 Å². The van der Waals surface area contributed by atoms with Crippen LogP contribution in [0.3, 0.4) is 0 Å². The lowest BCUT2D eigenvalue weighted by Gasteiger charge is -1.94.